The molecule has 0 fully saturated rings. The highest BCUT2D eigenvalue weighted by molar-refractivity contribution is 6.19. The Morgan fingerprint density at radius 2 is 1.09 bits per heavy atom. The number of benzene rings is 6. The van der Waals surface area contributed by atoms with Crippen LogP contribution in [0.5, 0.6) is 0 Å². The van der Waals surface area contributed by atoms with E-state index < -0.39 is 0 Å². The maximum atomic E-state index is 2.37. The Morgan fingerprint density at radius 1 is 0.515 bits per heavy atom. The van der Waals surface area contributed by atoms with E-state index in [4.69, 9.17) is 0 Å². The van der Waals surface area contributed by atoms with Crippen LogP contribution in [0.25, 0.3) is 65.3 Å². The standard InChI is InChI=1S/C32H23N/c1-20-23-9-3-5-12-27(23)31(28-13-6-4-10-24(20)28)22-16-17-25-21(19-22)15-18-29-26-11-7-8-14-30(26)33(2)32(25)29/h3-19H,1-2H3. The summed E-state index contributed by atoms with van der Waals surface area (Å²) in [6.07, 6.45) is 0. The second-order valence-electron chi connectivity index (χ2n) is 9.06. The minimum absolute atomic E-state index is 1.27. The lowest BCUT2D eigenvalue weighted by Crippen LogP contribution is -1.91. The molecule has 0 N–H and O–H groups in total. The van der Waals surface area contributed by atoms with Crippen molar-refractivity contribution in [3.05, 3.63) is 109 Å². The van der Waals surface area contributed by atoms with E-state index in [1.165, 1.54) is 70.8 Å². The normalized spacial score (nSPS) is 11.9. The monoisotopic (exact) mass is 421 g/mol. The van der Waals surface area contributed by atoms with Gasteiger partial charge in [0.1, 0.15) is 0 Å². The minimum atomic E-state index is 1.27. The van der Waals surface area contributed by atoms with Gasteiger partial charge in [-0.15, -0.1) is 0 Å². The van der Waals surface area contributed by atoms with Gasteiger partial charge in [-0.2, -0.15) is 0 Å². The summed E-state index contributed by atoms with van der Waals surface area (Å²) in [5, 5.41) is 10.5. The van der Waals surface area contributed by atoms with Gasteiger partial charge in [0, 0.05) is 28.7 Å². The first-order valence-corrected chi connectivity index (χ1v) is 11.5. The Morgan fingerprint density at radius 3 is 1.79 bits per heavy atom. The van der Waals surface area contributed by atoms with Crippen molar-refractivity contribution in [3.8, 4) is 11.1 Å². The predicted molar refractivity (Wildman–Crippen MR) is 143 cm³/mol. The van der Waals surface area contributed by atoms with Gasteiger partial charge in [-0.3, -0.25) is 0 Å². The van der Waals surface area contributed by atoms with E-state index in [1.807, 2.05) is 0 Å². The molecule has 1 heterocycles. The highest BCUT2D eigenvalue weighted by atomic mass is 14.9. The molecule has 6 aromatic carbocycles. The van der Waals surface area contributed by atoms with Crippen LogP contribution in [0.1, 0.15) is 5.56 Å². The summed E-state index contributed by atoms with van der Waals surface area (Å²) < 4.78 is 2.34. The van der Waals surface area contributed by atoms with Gasteiger partial charge in [0.2, 0.25) is 0 Å². The molecule has 0 aliphatic rings. The lowest BCUT2D eigenvalue weighted by atomic mass is 9.88. The van der Waals surface area contributed by atoms with Crippen LogP contribution in [-0.2, 0) is 7.05 Å². The summed E-state index contributed by atoms with van der Waals surface area (Å²) in [5.41, 5.74) is 6.53. The third-order valence-electron chi connectivity index (χ3n) is 7.37. The Bertz CT molecular complexity index is 1830. The molecule has 0 atom stereocenters. The van der Waals surface area contributed by atoms with Gasteiger partial charge in [0.05, 0.1) is 5.52 Å². The van der Waals surface area contributed by atoms with Gasteiger partial charge < -0.3 is 4.57 Å². The SMILES string of the molecule is Cc1c2ccccc2c(-c2ccc3c(ccc4c5ccccc5n(C)c34)c2)c2ccccc12. The molecule has 0 spiro atoms. The summed E-state index contributed by atoms with van der Waals surface area (Å²) >= 11 is 0. The summed E-state index contributed by atoms with van der Waals surface area (Å²) in [5.74, 6) is 0. The van der Waals surface area contributed by atoms with Crippen LogP contribution in [-0.4, -0.2) is 4.57 Å². The lowest BCUT2D eigenvalue weighted by molar-refractivity contribution is 1.02. The first-order valence-electron chi connectivity index (χ1n) is 11.5. The summed E-state index contributed by atoms with van der Waals surface area (Å²) in [6, 6.07) is 37.9. The number of hydrogen-bond donors (Lipinski definition) is 0. The first-order chi connectivity index (χ1) is 16.2. The molecule has 7 rings (SSSR count). The number of rotatable bonds is 1. The molecule has 1 aromatic heterocycles. The fourth-order valence-corrected chi connectivity index (χ4v) is 5.82. The molecule has 0 amide bonds. The van der Waals surface area contributed by atoms with Gasteiger partial charge in [-0.05, 0) is 62.7 Å². The van der Waals surface area contributed by atoms with Crippen LogP contribution < -0.4 is 0 Å². The highest BCUT2D eigenvalue weighted by Gasteiger charge is 2.15. The third-order valence-corrected chi connectivity index (χ3v) is 7.37. The molecule has 0 radical (unpaired) electrons. The molecule has 7 aromatic rings. The van der Waals surface area contributed by atoms with Crippen LogP contribution in [0.15, 0.2) is 103 Å². The average Bonchev–Trinajstić information content (AvgIpc) is 3.16. The second kappa shape index (κ2) is 6.70. The molecular weight excluding hydrogens is 398 g/mol. The zero-order valence-electron chi connectivity index (χ0n) is 18.8. The zero-order valence-corrected chi connectivity index (χ0v) is 18.8. The number of nitrogens with zero attached hydrogens (tertiary/aromatic N) is 1. The van der Waals surface area contributed by atoms with E-state index in [0.29, 0.717) is 0 Å². The number of hydrogen-bond acceptors (Lipinski definition) is 0. The molecule has 0 aliphatic carbocycles. The van der Waals surface area contributed by atoms with Gasteiger partial charge in [0.15, 0.2) is 0 Å². The van der Waals surface area contributed by atoms with Crippen LogP contribution in [0.3, 0.4) is 0 Å². The summed E-state index contributed by atoms with van der Waals surface area (Å²) in [4.78, 5) is 0. The maximum Gasteiger partial charge on any atom is 0.0568 e. The van der Waals surface area contributed by atoms with Crippen molar-refractivity contribution in [2.45, 2.75) is 6.92 Å². The molecule has 0 unspecified atom stereocenters. The first kappa shape index (κ1) is 18.5. The Balaban J connectivity index is 1.59. The molecule has 33 heavy (non-hydrogen) atoms. The van der Waals surface area contributed by atoms with Crippen molar-refractivity contribution >= 4 is 54.1 Å². The number of aromatic nitrogens is 1. The minimum Gasteiger partial charge on any atom is -0.343 e. The number of aryl methyl sites for hydroxylation is 2. The van der Waals surface area contributed by atoms with E-state index in [1.54, 1.807) is 0 Å². The van der Waals surface area contributed by atoms with Gasteiger partial charge in [0.25, 0.3) is 0 Å². The molecule has 1 nitrogen and oxygen atoms in total. The van der Waals surface area contributed by atoms with Crippen LogP contribution >= 0.6 is 0 Å². The van der Waals surface area contributed by atoms with Crippen molar-refractivity contribution < 1.29 is 0 Å². The Hall–Kier alpha value is -4.10. The second-order valence-corrected chi connectivity index (χ2v) is 9.06. The van der Waals surface area contributed by atoms with E-state index >= 15 is 0 Å². The van der Waals surface area contributed by atoms with E-state index in [-0.39, 0.29) is 0 Å². The van der Waals surface area contributed by atoms with Crippen LogP contribution in [0.4, 0.5) is 0 Å². The van der Waals surface area contributed by atoms with Crippen molar-refractivity contribution in [2.75, 3.05) is 0 Å². The average molecular weight is 422 g/mol. The molecule has 0 aliphatic heterocycles. The Kier molecular flexibility index (Phi) is 3.75. The van der Waals surface area contributed by atoms with Gasteiger partial charge in [-0.25, -0.2) is 0 Å². The van der Waals surface area contributed by atoms with E-state index in [9.17, 15) is 0 Å². The number of fused-ring (bicyclic) bond motifs is 7. The zero-order chi connectivity index (χ0) is 22.1. The molecule has 156 valence electrons. The van der Waals surface area contributed by atoms with Crippen molar-refractivity contribution in [2.24, 2.45) is 7.05 Å². The highest BCUT2D eigenvalue weighted by Crippen LogP contribution is 2.41. The van der Waals surface area contributed by atoms with Crippen LogP contribution in [0, 0.1) is 6.92 Å². The molecule has 0 saturated heterocycles. The molecule has 1 heteroatoms. The third kappa shape index (κ3) is 2.48. The Labute approximate surface area is 192 Å². The number of para-hydroxylation sites is 1. The van der Waals surface area contributed by atoms with Crippen molar-refractivity contribution in [1.29, 1.82) is 0 Å². The lowest BCUT2D eigenvalue weighted by Gasteiger charge is -2.16. The summed E-state index contributed by atoms with van der Waals surface area (Å²) in [6.45, 7) is 2.24. The fraction of sp³-hybridized carbons (Fsp3) is 0.0625. The van der Waals surface area contributed by atoms with E-state index in [2.05, 4.69) is 122 Å². The fourth-order valence-electron chi connectivity index (χ4n) is 5.82. The molecular formula is C32H23N. The smallest absolute Gasteiger partial charge is 0.0568 e. The van der Waals surface area contributed by atoms with Gasteiger partial charge in [-0.1, -0.05) is 91.0 Å². The maximum absolute atomic E-state index is 2.37. The van der Waals surface area contributed by atoms with Crippen molar-refractivity contribution in [1.82, 2.24) is 4.57 Å². The van der Waals surface area contributed by atoms with Crippen LogP contribution in [0.2, 0.25) is 0 Å². The molecule has 0 saturated carbocycles. The van der Waals surface area contributed by atoms with Crippen molar-refractivity contribution in [3.63, 3.8) is 0 Å². The predicted octanol–water partition coefficient (Wildman–Crippen LogP) is 8.77. The largest absolute Gasteiger partial charge is 0.343 e. The molecule has 0 bridgehead atoms. The van der Waals surface area contributed by atoms with Gasteiger partial charge >= 0.3 is 0 Å². The summed E-state index contributed by atoms with van der Waals surface area (Å²) in [7, 11) is 2.18. The van der Waals surface area contributed by atoms with E-state index in [0.717, 1.165) is 0 Å². The topological polar surface area (TPSA) is 4.93 Å². The quantitative estimate of drug-likeness (QED) is 0.233.